The van der Waals surface area contributed by atoms with Gasteiger partial charge in [-0.15, -0.1) is 0 Å². The fourth-order valence-corrected chi connectivity index (χ4v) is 2.90. The highest BCUT2D eigenvalue weighted by Gasteiger charge is 2.22. The number of pyridine rings is 1. The number of aromatic nitrogens is 1. The molecule has 1 aromatic heterocycles. The van der Waals surface area contributed by atoms with Crippen LogP contribution in [-0.4, -0.2) is 37.5 Å². The fourth-order valence-electron chi connectivity index (χ4n) is 2.25. The highest BCUT2D eigenvalue weighted by atomic mass is 32.2. The molecule has 0 aliphatic heterocycles. The summed E-state index contributed by atoms with van der Waals surface area (Å²) in [5.41, 5.74) is 1.90. The molecule has 23 heavy (non-hydrogen) atoms. The number of carbonyl (C=O) groups is 1. The standard InChI is InChI=1S/C17H20N2O3S/c1-12-8-9-14(23(4,21)22)11-15(12)17(20)19(3)13(2)16-7-5-6-10-18-16/h5-11,13H,1-4H3. The Labute approximate surface area is 136 Å². The maximum Gasteiger partial charge on any atom is 0.254 e. The third kappa shape index (κ3) is 3.76. The molecular weight excluding hydrogens is 312 g/mol. The molecule has 1 atom stereocenters. The van der Waals surface area contributed by atoms with Crippen molar-refractivity contribution >= 4 is 15.7 Å². The van der Waals surface area contributed by atoms with E-state index in [1.165, 1.54) is 12.1 Å². The maximum atomic E-state index is 12.8. The van der Waals surface area contributed by atoms with Gasteiger partial charge in [0.05, 0.1) is 16.6 Å². The highest BCUT2D eigenvalue weighted by molar-refractivity contribution is 7.90. The zero-order chi connectivity index (χ0) is 17.2. The van der Waals surface area contributed by atoms with E-state index in [1.807, 2.05) is 25.1 Å². The Morgan fingerprint density at radius 1 is 1.22 bits per heavy atom. The topological polar surface area (TPSA) is 67.3 Å². The van der Waals surface area contributed by atoms with Crippen molar-refractivity contribution in [2.24, 2.45) is 0 Å². The van der Waals surface area contributed by atoms with Crippen LogP contribution in [0, 0.1) is 6.92 Å². The van der Waals surface area contributed by atoms with E-state index in [-0.39, 0.29) is 16.8 Å². The Hall–Kier alpha value is -2.21. The number of sulfone groups is 1. The molecule has 0 saturated heterocycles. The van der Waals surface area contributed by atoms with Gasteiger partial charge in [-0.2, -0.15) is 0 Å². The van der Waals surface area contributed by atoms with Crippen LogP contribution in [0.3, 0.4) is 0 Å². The molecule has 1 heterocycles. The first kappa shape index (κ1) is 17.1. The largest absolute Gasteiger partial charge is 0.333 e. The molecule has 2 rings (SSSR count). The van der Waals surface area contributed by atoms with Crippen molar-refractivity contribution < 1.29 is 13.2 Å². The van der Waals surface area contributed by atoms with Crippen molar-refractivity contribution in [1.82, 2.24) is 9.88 Å². The fraction of sp³-hybridized carbons (Fsp3) is 0.294. The SMILES string of the molecule is Cc1ccc(S(C)(=O)=O)cc1C(=O)N(C)C(C)c1ccccn1. The van der Waals surface area contributed by atoms with Crippen molar-refractivity contribution in [3.63, 3.8) is 0 Å². The maximum absolute atomic E-state index is 12.8. The molecular formula is C17H20N2O3S. The normalized spacial score (nSPS) is 12.7. The molecule has 6 heteroatoms. The zero-order valence-electron chi connectivity index (χ0n) is 13.6. The molecule has 0 radical (unpaired) electrons. The Morgan fingerprint density at radius 2 is 1.91 bits per heavy atom. The van der Waals surface area contributed by atoms with Crippen LogP contribution in [0.4, 0.5) is 0 Å². The van der Waals surface area contributed by atoms with Gasteiger partial charge < -0.3 is 4.90 Å². The summed E-state index contributed by atoms with van der Waals surface area (Å²) in [5.74, 6) is -0.230. The monoisotopic (exact) mass is 332 g/mol. The van der Waals surface area contributed by atoms with Crippen molar-refractivity contribution in [2.75, 3.05) is 13.3 Å². The van der Waals surface area contributed by atoms with Gasteiger partial charge in [-0.1, -0.05) is 12.1 Å². The van der Waals surface area contributed by atoms with Gasteiger partial charge >= 0.3 is 0 Å². The van der Waals surface area contributed by atoms with E-state index in [1.54, 1.807) is 31.1 Å². The minimum absolute atomic E-state index is 0.144. The second-order valence-corrected chi connectivity index (χ2v) is 7.61. The summed E-state index contributed by atoms with van der Waals surface area (Å²) in [6.45, 7) is 3.68. The van der Waals surface area contributed by atoms with E-state index in [9.17, 15) is 13.2 Å². The first-order valence-electron chi connectivity index (χ1n) is 7.20. The van der Waals surface area contributed by atoms with Crippen LogP contribution in [0.15, 0.2) is 47.5 Å². The third-order valence-corrected chi connectivity index (χ3v) is 4.99. The van der Waals surface area contributed by atoms with Gasteiger partial charge in [0.15, 0.2) is 9.84 Å². The second kappa shape index (κ2) is 6.50. The Balaban J connectivity index is 2.36. The molecule has 1 amide bonds. The van der Waals surface area contributed by atoms with E-state index < -0.39 is 9.84 Å². The summed E-state index contributed by atoms with van der Waals surface area (Å²) in [4.78, 5) is 18.7. The minimum atomic E-state index is -3.36. The molecule has 0 bridgehead atoms. The van der Waals surface area contributed by atoms with Gasteiger partial charge in [-0.05, 0) is 43.7 Å². The summed E-state index contributed by atoms with van der Waals surface area (Å²) in [6.07, 6.45) is 2.81. The van der Waals surface area contributed by atoms with E-state index >= 15 is 0 Å². The molecule has 0 N–H and O–H groups in total. The summed E-state index contributed by atoms with van der Waals surface area (Å²) in [6, 6.07) is 9.94. The Kier molecular flexibility index (Phi) is 4.85. The minimum Gasteiger partial charge on any atom is -0.333 e. The number of hydrogen-bond donors (Lipinski definition) is 0. The Morgan fingerprint density at radius 3 is 2.48 bits per heavy atom. The molecule has 1 aromatic carbocycles. The van der Waals surface area contributed by atoms with Gasteiger partial charge in [0.1, 0.15) is 0 Å². The van der Waals surface area contributed by atoms with Crippen molar-refractivity contribution in [3.05, 3.63) is 59.4 Å². The van der Waals surface area contributed by atoms with E-state index in [0.29, 0.717) is 5.56 Å². The van der Waals surface area contributed by atoms with Crippen LogP contribution in [0.5, 0.6) is 0 Å². The van der Waals surface area contributed by atoms with E-state index in [0.717, 1.165) is 17.5 Å². The predicted octanol–water partition coefficient (Wildman–Crippen LogP) is 2.63. The lowest BCUT2D eigenvalue weighted by atomic mass is 10.1. The van der Waals surface area contributed by atoms with Gasteiger partial charge in [0.25, 0.3) is 5.91 Å². The lowest BCUT2D eigenvalue weighted by Crippen LogP contribution is -2.30. The molecule has 0 saturated carbocycles. The summed E-state index contributed by atoms with van der Waals surface area (Å²) in [5, 5.41) is 0. The van der Waals surface area contributed by atoms with Crippen LogP contribution in [0.2, 0.25) is 0 Å². The number of nitrogens with zero attached hydrogens (tertiary/aromatic N) is 2. The number of benzene rings is 1. The van der Waals surface area contributed by atoms with Crippen molar-refractivity contribution in [3.8, 4) is 0 Å². The average molecular weight is 332 g/mol. The number of hydrogen-bond acceptors (Lipinski definition) is 4. The lowest BCUT2D eigenvalue weighted by Gasteiger charge is -2.25. The van der Waals surface area contributed by atoms with Crippen LogP contribution in [0.25, 0.3) is 0 Å². The zero-order valence-corrected chi connectivity index (χ0v) is 14.5. The quantitative estimate of drug-likeness (QED) is 0.863. The van der Waals surface area contributed by atoms with E-state index in [2.05, 4.69) is 4.98 Å². The van der Waals surface area contributed by atoms with Gasteiger partial charge in [0, 0.05) is 25.1 Å². The van der Waals surface area contributed by atoms with Gasteiger partial charge in [-0.25, -0.2) is 8.42 Å². The first-order valence-corrected chi connectivity index (χ1v) is 9.09. The second-order valence-electron chi connectivity index (χ2n) is 5.60. The molecule has 0 aliphatic rings. The molecule has 122 valence electrons. The van der Waals surface area contributed by atoms with Crippen LogP contribution in [0.1, 0.15) is 34.6 Å². The lowest BCUT2D eigenvalue weighted by molar-refractivity contribution is 0.0739. The van der Waals surface area contributed by atoms with E-state index in [4.69, 9.17) is 0 Å². The molecule has 0 aliphatic carbocycles. The summed E-state index contributed by atoms with van der Waals surface area (Å²) in [7, 11) is -1.67. The molecule has 1 unspecified atom stereocenters. The average Bonchev–Trinajstić information content (AvgIpc) is 2.53. The van der Waals surface area contributed by atoms with Gasteiger partial charge in [-0.3, -0.25) is 9.78 Å². The van der Waals surface area contributed by atoms with Crippen molar-refractivity contribution in [2.45, 2.75) is 24.8 Å². The number of carbonyl (C=O) groups excluding carboxylic acids is 1. The first-order chi connectivity index (χ1) is 10.7. The van der Waals surface area contributed by atoms with Crippen LogP contribution >= 0.6 is 0 Å². The van der Waals surface area contributed by atoms with Crippen LogP contribution < -0.4 is 0 Å². The van der Waals surface area contributed by atoms with Crippen LogP contribution in [-0.2, 0) is 9.84 Å². The third-order valence-electron chi connectivity index (χ3n) is 3.88. The smallest absolute Gasteiger partial charge is 0.254 e. The Bertz CT molecular complexity index is 817. The number of aryl methyl sites for hydroxylation is 1. The number of rotatable bonds is 4. The molecule has 5 nitrogen and oxygen atoms in total. The highest BCUT2D eigenvalue weighted by Crippen LogP contribution is 2.22. The van der Waals surface area contributed by atoms with Gasteiger partial charge in [0.2, 0.25) is 0 Å². The molecule has 2 aromatic rings. The van der Waals surface area contributed by atoms with Crippen molar-refractivity contribution in [1.29, 1.82) is 0 Å². The summed E-state index contributed by atoms with van der Waals surface area (Å²) >= 11 is 0. The molecule has 0 spiro atoms. The number of amides is 1. The predicted molar refractivity (Wildman–Crippen MR) is 89.0 cm³/mol. The molecule has 0 fully saturated rings. The summed E-state index contributed by atoms with van der Waals surface area (Å²) < 4.78 is 23.4.